The van der Waals surface area contributed by atoms with Gasteiger partial charge in [0, 0.05) is 12.7 Å². The number of sulfonamides is 1. The molecule has 0 aliphatic heterocycles. The number of rotatable bonds is 8. The van der Waals surface area contributed by atoms with Crippen LogP contribution >= 0.6 is 0 Å². The average Bonchev–Trinajstić information content (AvgIpc) is 2.61. The van der Waals surface area contributed by atoms with Crippen molar-refractivity contribution in [2.75, 3.05) is 13.7 Å². The summed E-state index contributed by atoms with van der Waals surface area (Å²) in [5.74, 6) is -0.205. The monoisotopic (exact) mass is 363 g/mol. The second-order valence-corrected chi connectivity index (χ2v) is 7.13. The van der Waals surface area contributed by atoms with E-state index in [0.717, 1.165) is 5.56 Å². The summed E-state index contributed by atoms with van der Waals surface area (Å²) in [6, 6.07) is 10.4. The van der Waals surface area contributed by atoms with Crippen LogP contribution in [0.4, 0.5) is 0 Å². The Morgan fingerprint density at radius 3 is 2.56 bits per heavy atom. The molecule has 0 aliphatic carbocycles. The van der Waals surface area contributed by atoms with E-state index in [1.54, 1.807) is 42.6 Å². The molecule has 0 atom stereocenters. The van der Waals surface area contributed by atoms with Crippen LogP contribution in [-0.4, -0.2) is 33.0 Å². The van der Waals surface area contributed by atoms with E-state index in [0.29, 0.717) is 17.7 Å². The lowest BCUT2D eigenvalue weighted by Crippen LogP contribution is -2.25. The summed E-state index contributed by atoms with van der Waals surface area (Å²) >= 11 is 0. The fourth-order valence-corrected chi connectivity index (χ4v) is 3.07. The quantitative estimate of drug-likeness (QED) is 0.740. The maximum absolute atomic E-state index is 12.4. The second kappa shape index (κ2) is 8.59. The van der Waals surface area contributed by atoms with Crippen molar-refractivity contribution in [3.63, 3.8) is 0 Å². The minimum absolute atomic E-state index is 0.146. The number of benzene rings is 1. The maximum atomic E-state index is 12.4. The Morgan fingerprint density at radius 1 is 1.16 bits per heavy atom. The van der Waals surface area contributed by atoms with Crippen molar-refractivity contribution >= 4 is 15.9 Å². The molecule has 1 heterocycles. The molecule has 0 aliphatic rings. The van der Waals surface area contributed by atoms with Gasteiger partial charge in [0.05, 0.1) is 12.4 Å². The number of carbonyl (C=O) groups excluding carboxylic acids is 1. The summed E-state index contributed by atoms with van der Waals surface area (Å²) in [7, 11) is -2.02. The SMILES string of the molecule is CCOc1ncccc1C(=O)NCc1ccccc1CS(=O)(=O)NC. The first kappa shape index (κ1) is 18.9. The molecule has 134 valence electrons. The van der Waals surface area contributed by atoms with E-state index in [9.17, 15) is 13.2 Å². The molecule has 1 aromatic carbocycles. The van der Waals surface area contributed by atoms with Crippen molar-refractivity contribution < 1.29 is 17.9 Å². The van der Waals surface area contributed by atoms with Gasteiger partial charge in [-0.3, -0.25) is 4.79 Å². The van der Waals surface area contributed by atoms with Crippen molar-refractivity contribution in [1.29, 1.82) is 0 Å². The predicted octanol–water partition coefficient (Wildman–Crippen LogP) is 1.46. The highest BCUT2D eigenvalue weighted by atomic mass is 32.2. The number of carbonyl (C=O) groups is 1. The van der Waals surface area contributed by atoms with Crippen LogP contribution in [0, 0.1) is 0 Å². The number of hydrogen-bond donors (Lipinski definition) is 2. The summed E-state index contributed by atoms with van der Waals surface area (Å²) in [5.41, 5.74) is 1.70. The number of ether oxygens (including phenoxy) is 1. The predicted molar refractivity (Wildman–Crippen MR) is 94.7 cm³/mol. The molecule has 0 saturated carbocycles. The third kappa shape index (κ3) is 5.27. The lowest BCUT2D eigenvalue weighted by molar-refractivity contribution is 0.0946. The van der Waals surface area contributed by atoms with Crippen LogP contribution in [0.2, 0.25) is 0 Å². The van der Waals surface area contributed by atoms with Gasteiger partial charge in [0.15, 0.2) is 0 Å². The molecule has 1 aromatic heterocycles. The highest BCUT2D eigenvalue weighted by Crippen LogP contribution is 2.15. The lowest BCUT2D eigenvalue weighted by Gasteiger charge is -2.12. The Bertz CT molecular complexity index is 837. The van der Waals surface area contributed by atoms with E-state index in [4.69, 9.17) is 4.74 Å². The standard InChI is InChI=1S/C17H21N3O4S/c1-3-24-17-15(9-6-10-19-17)16(21)20-11-13-7-4-5-8-14(13)12-25(22,23)18-2/h4-10,18H,3,11-12H2,1-2H3,(H,20,21). The summed E-state index contributed by atoms with van der Waals surface area (Å²) in [6.07, 6.45) is 1.56. The number of pyridine rings is 1. The summed E-state index contributed by atoms with van der Waals surface area (Å²) in [4.78, 5) is 16.5. The molecule has 1 amide bonds. The zero-order valence-corrected chi connectivity index (χ0v) is 15.0. The topological polar surface area (TPSA) is 97.4 Å². The van der Waals surface area contributed by atoms with E-state index in [1.165, 1.54) is 7.05 Å². The van der Waals surface area contributed by atoms with E-state index in [-0.39, 0.29) is 24.1 Å². The van der Waals surface area contributed by atoms with Crippen molar-refractivity contribution in [3.05, 3.63) is 59.3 Å². The number of aromatic nitrogens is 1. The smallest absolute Gasteiger partial charge is 0.257 e. The zero-order valence-electron chi connectivity index (χ0n) is 14.2. The molecular formula is C17H21N3O4S. The van der Waals surface area contributed by atoms with Crippen LogP contribution in [-0.2, 0) is 22.3 Å². The lowest BCUT2D eigenvalue weighted by atomic mass is 10.1. The van der Waals surface area contributed by atoms with Crippen LogP contribution in [0.15, 0.2) is 42.6 Å². The van der Waals surface area contributed by atoms with Crippen LogP contribution in [0.1, 0.15) is 28.4 Å². The molecule has 0 radical (unpaired) electrons. The molecule has 0 saturated heterocycles. The number of nitrogens with zero attached hydrogens (tertiary/aromatic N) is 1. The van der Waals surface area contributed by atoms with E-state index < -0.39 is 10.0 Å². The Morgan fingerprint density at radius 2 is 1.88 bits per heavy atom. The normalized spacial score (nSPS) is 11.1. The van der Waals surface area contributed by atoms with Gasteiger partial charge in [0.25, 0.3) is 5.91 Å². The molecule has 0 bridgehead atoms. The fraction of sp³-hybridized carbons (Fsp3) is 0.294. The molecule has 2 rings (SSSR count). The van der Waals surface area contributed by atoms with E-state index >= 15 is 0 Å². The first-order chi connectivity index (χ1) is 12.0. The third-order valence-electron chi connectivity index (χ3n) is 3.51. The molecular weight excluding hydrogens is 342 g/mol. The Kier molecular flexibility index (Phi) is 6.49. The van der Waals surface area contributed by atoms with Crippen molar-refractivity contribution in [1.82, 2.24) is 15.0 Å². The summed E-state index contributed by atoms with van der Waals surface area (Å²) < 4.78 is 31.2. The highest BCUT2D eigenvalue weighted by Gasteiger charge is 2.15. The summed E-state index contributed by atoms with van der Waals surface area (Å²) in [5, 5.41) is 2.78. The van der Waals surface area contributed by atoms with Gasteiger partial charge in [0.1, 0.15) is 5.56 Å². The first-order valence-corrected chi connectivity index (χ1v) is 9.46. The van der Waals surface area contributed by atoms with Gasteiger partial charge < -0.3 is 10.1 Å². The van der Waals surface area contributed by atoms with Crippen LogP contribution < -0.4 is 14.8 Å². The molecule has 0 spiro atoms. The fourth-order valence-electron chi connectivity index (χ4n) is 2.23. The van der Waals surface area contributed by atoms with Gasteiger partial charge in [-0.15, -0.1) is 0 Å². The molecule has 2 aromatic rings. The Hall–Kier alpha value is -2.45. The van der Waals surface area contributed by atoms with Crippen LogP contribution in [0.3, 0.4) is 0 Å². The minimum atomic E-state index is -3.39. The van der Waals surface area contributed by atoms with Crippen molar-refractivity contribution in [2.24, 2.45) is 0 Å². The van der Waals surface area contributed by atoms with Gasteiger partial charge in [-0.2, -0.15) is 0 Å². The number of nitrogens with one attached hydrogen (secondary N) is 2. The molecule has 7 nitrogen and oxygen atoms in total. The van der Waals surface area contributed by atoms with Gasteiger partial charge in [-0.05, 0) is 37.2 Å². The van der Waals surface area contributed by atoms with Gasteiger partial charge in [-0.25, -0.2) is 18.1 Å². The second-order valence-electron chi connectivity index (χ2n) is 5.20. The van der Waals surface area contributed by atoms with Gasteiger partial charge >= 0.3 is 0 Å². The van der Waals surface area contributed by atoms with Gasteiger partial charge in [0.2, 0.25) is 15.9 Å². The molecule has 8 heteroatoms. The zero-order chi connectivity index (χ0) is 18.3. The average molecular weight is 363 g/mol. The molecule has 0 unspecified atom stereocenters. The Labute approximate surface area is 147 Å². The van der Waals surface area contributed by atoms with Crippen LogP contribution in [0.25, 0.3) is 0 Å². The number of hydrogen-bond acceptors (Lipinski definition) is 5. The first-order valence-electron chi connectivity index (χ1n) is 7.81. The Balaban J connectivity index is 2.13. The maximum Gasteiger partial charge on any atom is 0.257 e. The molecule has 0 fully saturated rings. The van der Waals surface area contributed by atoms with Crippen molar-refractivity contribution in [3.8, 4) is 5.88 Å². The number of amides is 1. The molecule has 2 N–H and O–H groups in total. The van der Waals surface area contributed by atoms with E-state index in [1.807, 2.05) is 6.92 Å². The largest absolute Gasteiger partial charge is 0.477 e. The highest BCUT2D eigenvalue weighted by molar-refractivity contribution is 7.88. The van der Waals surface area contributed by atoms with Gasteiger partial charge in [-0.1, -0.05) is 24.3 Å². The third-order valence-corrected chi connectivity index (χ3v) is 4.82. The molecule has 25 heavy (non-hydrogen) atoms. The summed E-state index contributed by atoms with van der Waals surface area (Å²) in [6.45, 7) is 2.42. The van der Waals surface area contributed by atoms with E-state index in [2.05, 4.69) is 15.0 Å². The minimum Gasteiger partial charge on any atom is -0.477 e. The van der Waals surface area contributed by atoms with Crippen molar-refractivity contribution in [2.45, 2.75) is 19.2 Å². The van der Waals surface area contributed by atoms with Crippen LogP contribution in [0.5, 0.6) is 5.88 Å².